The predicted molar refractivity (Wildman–Crippen MR) is 89.6 cm³/mol. The third kappa shape index (κ3) is 4.03. The van der Waals surface area contributed by atoms with E-state index in [1.165, 1.54) is 0 Å². The Morgan fingerprint density at radius 2 is 1.48 bits per heavy atom. The van der Waals surface area contributed by atoms with Crippen LogP contribution in [0.5, 0.6) is 5.75 Å². The van der Waals surface area contributed by atoms with Crippen LogP contribution in [0.4, 0.5) is 0 Å². The number of hydrogen-bond acceptors (Lipinski definition) is 3. The number of rotatable bonds is 4. The highest BCUT2D eigenvalue weighted by molar-refractivity contribution is 5.79. The highest BCUT2D eigenvalue weighted by atomic mass is 16.5. The van der Waals surface area contributed by atoms with Crippen LogP contribution in [0.25, 0.3) is 0 Å². The first-order valence-electron chi connectivity index (χ1n) is 8.19. The molecule has 1 aromatic rings. The van der Waals surface area contributed by atoms with Gasteiger partial charge in [0.25, 0.3) is 5.91 Å². The summed E-state index contributed by atoms with van der Waals surface area (Å²) in [5.74, 6) is 0.936. The Bertz CT molecular complexity index is 590. The number of carbonyl (C=O) groups is 2. The monoisotopic (exact) mass is 318 g/mol. The Morgan fingerprint density at radius 1 is 0.957 bits per heavy atom. The number of carbonyl (C=O) groups excluding carboxylic acids is 2. The van der Waals surface area contributed by atoms with Crippen LogP contribution in [-0.2, 0) is 9.59 Å². The highest BCUT2D eigenvalue weighted by Gasteiger charge is 2.23. The van der Waals surface area contributed by atoms with Crippen molar-refractivity contribution in [2.24, 2.45) is 0 Å². The SMILES string of the molecule is CCC(=O)N1CCN(C(=O)COc2c(C)ccc(C)c2C)CC1. The summed E-state index contributed by atoms with van der Waals surface area (Å²) in [5.41, 5.74) is 3.28. The van der Waals surface area contributed by atoms with Crippen LogP contribution in [0.2, 0.25) is 0 Å². The van der Waals surface area contributed by atoms with E-state index in [0.29, 0.717) is 32.6 Å². The van der Waals surface area contributed by atoms with Crippen molar-refractivity contribution in [2.45, 2.75) is 34.1 Å². The van der Waals surface area contributed by atoms with Crippen molar-refractivity contribution in [1.29, 1.82) is 0 Å². The van der Waals surface area contributed by atoms with E-state index in [-0.39, 0.29) is 18.4 Å². The number of ether oxygens (including phenoxy) is 1. The molecular formula is C18H26N2O3. The van der Waals surface area contributed by atoms with Crippen LogP contribution in [0, 0.1) is 20.8 Å². The molecule has 0 unspecified atom stereocenters. The average molecular weight is 318 g/mol. The van der Waals surface area contributed by atoms with Crippen molar-refractivity contribution in [3.63, 3.8) is 0 Å². The summed E-state index contributed by atoms with van der Waals surface area (Å²) >= 11 is 0. The number of piperazine rings is 1. The first-order chi connectivity index (χ1) is 10.9. The molecule has 0 radical (unpaired) electrons. The van der Waals surface area contributed by atoms with Gasteiger partial charge in [0.1, 0.15) is 5.75 Å². The van der Waals surface area contributed by atoms with Gasteiger partial charge in [-0.1, -0.05) is 19.1 Å². The van der Waals surface area contributed by atoms with Gasteiger partial charge in [0.05, 0.1) is 0 Å². The molecule has 2 rings (SSSR count). The van der Waals surface area contributed by atoms with Crippen LogP contribution >= 0.6 is 0 Å². The topological polar surface area (TPSA) is 49.9 Å². The van der Waals surface area contributed by atoms with Gasteiger partial charge in [-0.15, -0.1) is 0 Å². The van der Waals surface area contributed by atoms with Gasteiger partial charge in [0, 0.05) is 32.6 Å². The molecule has 1 heterocycles. The van der Waals surface area contributed by atoms with Gasteiger partial charge in [-0.25, -0.2) is 0 Å². The minimum absolute atomic E-state index is 0.0195. The standard InChI is InChI=1S/C18H26N2O3/c1-5-16(21)19-8-10-20(11-9-19)17(22)12-23-18-14(3)7-6-13(2)15(18)4/h6-7H,5,8-12H2,1-4H3. The first kappa shape index (κ1) is 17.3. The van der Waals surface area contributed by atoms with Crippen LogP contribution < -0.4 is 4.74 Å². The lowest BCUT2D eigenvalue weighted by molar-refractivity contribution is -0.140. The lowest BCUT2D eigenvalue weighted by Crippen LogP contribution is -2.51. The summed E-state index contributed by atoms with van der Waals surface area (Å²) in [6, 6.07) is 4.07. The van der Waals surface area contributed by atoms with Crippen LogP contribution in [0.1, 0.15) is 30.0 Å². The van der Waals surface area contributed by atoms with Crippen molar-refractivity contribution < 1.29 is 14.3 Å². The van der Waals surface area contributed by atoms with Crippen LogP contribution in [0.15, 0.2) is 12.1 Å². The zero-order valence-electron chi connectivity index (χ0n) is 14.5. The largest absolute Gasteiger partial charge is 0.483 e. The van der Waals surface area contributed by atoms with Gasteiger partial charge >= 0.3 is 0 Å². The molecular weight excluding hydrogens is 292 g/mol. The minimum Gasteiger partial charge on any atom is -0.483 e. The van der Waals surface area contributed by atoms with Crippen molar-refractivity contribution in [3.05, 3.63) is 28.8 Å². The summed E-state index contributed by atoms with van der Waals surface area (Å²) in [5, 5.41) is 0. The molecule has 0 spiro atoms. The number of hydrogen-bond donors (Lipinski definition) is 0. The van der Waals surface area contributed by atoms with E-state index in [1.54, 1.807) is 4.90 Å². The van der Waals surface area contributed by atoms with Gasteiger partial charge in [0.15, 0.2) is 6.61 Å². The van der Waals surface area contributed by atoms with E-state index in [0.717, 1.165) is 22.4 Å². The lowest BCUT2D eigenvalue weighted by Gasteiger charge is -2.34. The van der Waals surface area contributed by atoms with E-state index >= 15 is 0 Å². The van der Waals surface area contributed by atoms with Gasteiger partial charge in [-0.3, -0.25) is 9.59 Å². The third-order valence-electron chi connectivity index (χ3n) is 4.50. The molecule has 1 aromatic carbocycles. The molecule has 1 aliphatic heterocycles. The molecule has 0 aromatic heterocycles. The Labute approximate surface area is 138 Å². The van der Waals surface area contributed by atoms with Gasteiger partial charge in [0.2, 0.25) is 5.91 Å². The smallest absolute Gasteiger partial charge is 0.260 e. The highest BCUT2D eigenvalue weighted by Crippen LogP contribution is 2.25. The molecule has 1 fully saturated rings. The molecule has 5 heteroatoms. The molecule has 0 aliphatic carbocycles. The zero-order valence-corrected chi connectivity index (χ0v) is 14.5. The molecule has 23 heavy (non-hydrogen) atoms. The maximum atomic E-state index is 12.3. The predicted octanol–water partition coefficient (Wildman–Crippen LogP) is 2.07. The van der Waals surface area contributed by atoms with Gasteiger partial charge in [-0.2, -0.15) is 0 Å². The molecule has 0 atom stereocenters. The Hall–Kier alpha value is -2.04. The Balaban J connectivity index is 1.89. The molecule has 0 bridgehead atoms. The second-order valence-electron chi connectivity index (χ2n) is 6.06. The second kappa shape index (κ2) is 7.49. The number of benzene rings is 1. The fraction of sp³-hybridized carbons (Fsp3) is 0.556. The quantitative estimate of drug-likeness (QED) is 0.854. The number of aryl methyl sites for hydroxylation is 2. The summed E-state index contributed by atoms with van der Waals surface area (Å²) in [4.78, 5) is 27.6. The summed E-state index contributed by atoms with van der Waals surface area (Å²) < 4.78 is 5.79. The summed E-state index contributed by atoms with van der Waals surface area (Å²) in [6.07, 6.45) is 0.517. The van der Waals surface area contributed by atoms with Gasteiger partial charge in [-0.05, 0) is 37.5 Å². The van der Waals surface area contributed by atoms with Crippen LogP contribution in [0.3, 0.4) is 0 Å². The zero-order chi connectivity index (χ0) is 17.0. The fourth-order valence-electron chi connectivity index (χ4n) is 2.80. The van der Waals surface area contributed by atoms with Crippen molar-refractivity contribution in [3.8, 4) is 5.75 Å². The number of amides is 2. The van der Waals surface area contributed by atoms with E-state index in [4.69, 9.17) is 4.74 Å². The first-order valence-corrected chi connectivity index (χ1v) is 8.19. The minimum atomic E-state index is -0.0195. The van der Waals surface area contributed by atoms with Crippen molar-refractivity contribution >= 4 is 11.8 Å². The van der Waals surface area contributed by atoms with Crippen molar-refractivity contribution in [1.82, 2.24) is 9.80 Å². The molecule has 2 amide bonds. The normalized spacial score (nSPS) is 14.8. The summed E-state index contributed by atoms with van der Waals surface area (Å²) in [6.45, 7) is 10.3. The molecule has 5 nitrogen and oxygen atoms in total. The van der Waals surface area contributed by atoms with Crippen LogP contribution in [-0.4, -0.2) is 54.4 Å². The van der Waals surface area contributed by atoms with E-state index in [1.807, 2.05) is 38.7 Å². The molecule has 1 saturated heterocycles. The number of nitrogens with zero attached hydrogens (tertiary/aromatic N) is 2. The van der Waals surface area contributed by atoms with E-state index < -0.39 is 0 Å². The van der Waals surface area contributed by atoms with E-state index in [2.05, 4.69) is 6.07 Å². The third-order valence-corrected chi connectivity index (χ3v) is 4.50. The van der Waals surface area contributed by atoms with E-state index in [9.17, 15) is 9.59 Å². The summed E-state index contributed by atoms with van der Waals surface area (Å²) in [7, 11) is 0. The lowest BCUT2D eigenvalue weighted by atomic mass is 10.1. The second-order valence-corrected chi connectivity index (χ2v) is 6.06. The molecule has 0 N–H and O–H groups in total. The molecule has 1 aliphatic rings. The molecule has 0 saturated carbocycles. The average Bonchev–Trinajstić information content (AvgIpc) is 2.57. The van der Waals surface area contributed by atoms with Gasteiger partial charge < -0.3 is 14.5 Å². The maximum absolute atomic E-state index is 12.3. The Kier molecular flexibility index (Phi) is 5.64. The maximum Gasteiger partial charge on any atom is 0.260 e. The fourth-order valence-corrected chi connectivity index (χ4v) is 2.80. The molecule has 126 valence electrons. The van der Waals surface area contributed by atoms with Crippen molar-refractivity contribution in [2.75, 3.05) is 32.8 Å². The Morgan fingerprint density at radius 3 is 2.04 bits per heavy atom.